The minimum atomic E-state index is -4.08. The van der Waals surface area contributed by atoms with Crippen LogP contribution in [0.2, 0.25) is 0 Å². The van der Waals surface area contributed by atoms with E-state index >= 15 is 0 Å². The van der Waals surface area contributed by atoms with Crippen molar-refractivity contribution in [2.45, 2.75) is 11.8 Å². The summed E-state index contributed by atoms with van der Waals surface area (Å²) in [5.41, 5.74) is 0.0835. The van der Waals surface area contributed by atoms with E-state index in [4.69, 9.17) is 0 Å². The zero-order chi connectivity index (χ0) is 18.4. The molecule has 1 heterocycles. The summed E-state index contributed by atoms with van der Waals surface area (Å²) in [7, 11) is -4.08. The Kier molecular flexibility index (Phi) is 5.45. The molecule has 0 spiro atoms. The van der Waals surface area contributed by atoms with Gasteiger partial charge in [0.05, 0.1) is 28.1 Å². The van der Waals surface area contributed by atoms with E-state index in [0.29, 0.717) is 5.69 Å². The first-order valence-corrected chi connectivity index (χ1v) is 8.39. The molecule has 9 nitrogen and oxygen atoms in total. The maximum Gasteiger partial charge on any atom is 0.337 e. The van der Waals surface area contributed by atoms with E-state index in [0.717, 1.165) is 12.1 Å². The van der Waals surface area contributed by atoms with E-state index in [-0.39, 0.29) is 16.1 Å². The summed E-state index contributed by atoms with van der Waals surface area (Å²) in [6, 6.07) is 8.33. The number of sulfonamides is 1. The Hall–Kier alpha value is -3.27. The Labute approximate surface area is 143 Å². The van der Waals surface area contributed by atoms with Gasteiger partial charge in [-0.3, -0.25) is 9.78 Å². The Morgan fingerprint density at radius 1 is 1.24 bits per heavy atom. The van der Waals surface area contributed by atoms with Crippen molar-refractivity contribution in [2.24, 2.45) is 5.10 Å². The molecule has 0 aliphatic carbocycles. The van der Waals surface area contributed by atoms with Crippen LogP contribution in [0, 0.1) is 0 Å². The summed E-state index contributed by atoms with van der Waals surface area (Å²) in [5.74, 6) is -1.85. The molecule has 0 atom stereocenters. The number of nitrogens with zero attached hydrogens (tertiary/aromatic N) is 2. The molecule has 130 valence electrons. The highest BCUT2D eigenvalue weighted by atomic mass is 32.2. The molecule has 1 aromatic heterocycles. The number of carboxylic acids is 1. The Morgan fingerprint density at radius 3 is 2.60 bits per heavy atom. The van der Waals surface area contributed by atoms with Crippen LogP contribution in [0.5, 0.6) is 0 Å². The number of benzene rings is 1. The van der Waals surface area contributed by atoms with Gasteiger partial charge in [-0.1, -0.05) is 6.07 Å². The van der Waals surface area contributed by atoms with Crippen LogP contribution in [0.4, 0.5) is 5.69 Å². The van der Waals surface area contributed by atoms with Gasteiger partial charge >= 0.3 is 5.97 Å². The quantitative estimate of drug-likeness (QED) is 0.519. The van der Waals surface area contributed by atoms with Gasteiger partial charge in [0, 0.05) is 13.1 Å². The fourth-order valence-electron chi connectivity index (χ4n) is 1.83. The molecule has 25 heavy (non-hydrogen) atoms. The van der Waals surface area contributed by atoms with Crippen LogP contribution in [0.15, 0.2) is 52.6 Å². The molecule has 0 aliphatic rings. The number of hydrogen-bond donors (Lipinski definition) is 3. The molecule has 0 radical (unpaired) electrons. The largest absolute Gasteiger partial charge is 0.478 e. The number of hydrazone groups is 1. The van der Waals surface area contributed by atoms with E-state index in [1.807, 2.05) is 4.83 Å². The van der Waals surface area contributed by atoms with Gasteiger partial charge in [0.1, 0.15) is 0 Å². The van der Waals surface area contributed by atoms with Gasteiger partial charge in [-0.15, -0.1) is 0 Å². The predicted octanol–water partition coefficient (Wildman–Crippen LogP) is 1.05. The number of amides is 1. The minimum Gasteiger partial charge on any atom is -0.478 e. The molecule has 0 aliphatic heterocycles. The molecule has 0 fully saturated rings. The van der Waals surface area contributed by atoms with Crippen molar-refractivity contribution in [3.05, 3.63) is 53.9 Å². The summed E-state index contributed by atoms with van der Waals surface area (Å²) >= 11 is 0. The van der Waals surface area contributed by atoms with Crippen LogP contribution < -0.4 is 10.1 Å². The van der Waals surface area contributed by atoms with Crippen molar-refractivity contribution in [3.8, 4) is 0 Å². The highest BCUT2D eigenvalue weighted by molar-refractivity contribution is 7.89. The van der Waals surface area contributed by atoms with E-state index in [1.54, 1.807) is 18.2 Å². The third-order valence-corrected chi connectivity index (χ3v) is 4.12. The molecule has 3 N–H and O–H groups in total. The van der Waals surface area contributed by atoms with Crippen molar-refractivity contribution in [1.29, 1.82) is 0 Å². The number of aromatic carboxylic acids is 1. The first-order valence-electron chi connectivity index (χ1n) is 6.90. The van der Waals surface area contributed by atoms with E-state index in [2.05, 4.69) is 15.4 Å². The molecule has 0 saturated heterocycles. The van der Waals surface area contributed by atoms with Crippen LogP contribution in [-0.2, 0) is 14.8 Å². The zero-order valence-corrected chi connectivity index (χ0v) is 13.8. The molecule has 10 heteroatoms. The van der Waals surface area contributed by atoms with Gasteiger partial charge in [0.25, 0.3) is 10.0 Å². The summed E-state index contributed by atoms with van der Waals surface area (Å²) in [6.45, 7) is 1.21. The molecule has 0 bridgehead atoms. The number of nitrogens with one attached hydrogen (secondary N) is 2. The maximum absolute atomic E-state index is 12.2. The Bertz CT molecular complexity index is 926. The lowest BCUT2D eigenvalue weighted by atomic mass is 10.2. The van der Waals surface area contributed by atoms with Crippen LogP contribution in [0.1, 0.15) is 23.0 Å². The fraction of sp³-hybridized carbons (Fsp3) is 0.0667. The van der Waals surface area contributed by atoms with E-state index in [1.165, 1.54) is 25.4 Å². The van der Waals surface area contributed by atoms with Crippen molar-refractivity contribution in [3.63, 3.8) is 0 Å². The standard InChI is InChI=1S/C15H14N4O5S/c1-10(20)18-14-6-5-12(8-13(14)15(21)22)25(23,24)19-17-9-11-4-2-3-7-16-11/h2-9,19H,1H3,(H,18,20)(H,21,22). The predicted molar refractivity (Wildman–Crippen MR) is 89.9 cm³/mol. The number of pyridine rings is 1. The number of aromatic nitrogens is 1. The molecular weight excluding hydrogens is 348 g/mol. The molecule has 1 aromatic carbocycles. The van der Waals surface area contributed by atoms with Crippen LogP contribution >= 0.6 is 0 Å². The van der Waals surface area contributed by atoms with E-state index < -0.39 is 21.9 Å². The summed E-state index contributed by atoms with van der Waals surface area (Å²) in [6.07, 6.45) is 2.73. The number of hydrogen-bond acceptors (Lipinski definition) is 6. The number of carbonyl (C=O) groups excluding carboxylic acids is 1. The van der Waals surface area contributed by atoms with Crippen molar-refractivity contribution >= 4 is 33.8 Å². The lowest BCUT2D eigenvalue weighted by molar-refractivity contribution is -0.114. The Morgan fingerprint density at radius 2 is 2.00 bits per heavy atom. The first kappa shape index (κ1) is 18.1. The smallest absolute Gasteiger partial charge is 0.337 e. The average Bonchev–Trinajstić information content (AvgIpc) is 2.55. The number of anilines is 1. The highest BCUT2D eigenvalue weighted by Crippen LogP contribution is 2.20. The molecular formula is C15H14N4O5S. The fourth-order valence-corrected chi connectivity index (χ4v) is 2.65. The Balaban J connectivity index is 2.26. The molecule has 1 amide bonds. The first-order chi connectivity index (χ1) is 11.8. The van der Waals surface area contributed by atoms with Crippen molar-refractivity contribution in [2.75, 3.05) is 5.32 Å². The lowest BCUT2D eigenvalue weighted by Crippen LogP contribution is -2.19. The summed E-state index contributed by atoms with van der Waals surface area (Å²) < 4.78 is 24.4. The van der Waals surface area contributed by atoms with Gasteiger partial charge in [0.2, 0.25) is 5.91 Å². The topological polar surface area (TPSA) is 138 Å². The number of carboxylic acid groups (broad SMARTS) is 1. The van der Waals surface area contributed by atoms with E-state index in [9.17, 15) is 23.1 Å². The number of rotatable bonds is 6. The average molecular weight is 362 g/mol. The summed E-state index contributed by atoms with van der Waals surface area (Å²) in [5, 5.41) is 15.1. The lowest BCUT2D eigenvalue weighted by Gasteiger charge is -2.09. The van der Waals surface area contributed by atoms with Gasteiger partial charge in [-0.05, 0) is 30.3 Å². The van der Waals surface area contributed by atoms with Gasteiger partial charge < -0.3 is 10.4 Å². The SMILES string of the molecule is CC(=O)Nc1ccc(S(=O)(=O)NN=Cc2ccccn2)cc1C(=O)O. The monoisotopic (exact) mass is 362 g/mol. The minimum absolute atomic E-state index is 0.00376. The summed E-state index contributed by atoms with van der Waals surface area (Å²) in [4.78, 5) is 28.0. The maximum atomic E-state index is 12.2. The van der Waals surface area contributed by atoms with Crippen molar-refractivity contribution in [1.82, 2.24) is 9.82 Å². The highest BCUT2D eigenvalue weighted by Gasteiger charge is 2.19. The molecule has 0 saturated carbocycles. The van der Waals surface area contributed by atoms with Crippen LogP contribution in [0.25, 0.3) is 0 Å². The van der Waals surface area contributed by atoms with Gasteiger partial charge in [-0.2, -0.15) is 13.5 Å². The second-order valence-electron chi connectivity index (χ2n) is 4.80. The molecule has 2 rings (SSSR count). The normalized spacial score (nSPS) is 11.2. The third-order valence-electron chi connectivity index (χ3n) is 2.90. The molecule has 2 aromatic rings. The van der Waals surface area contributed by atoms with Gasteiger partial charge in [0.15, 0.2) is 0 Å². The van der Waals surface area contributed by atoms with Crippen LogP contribution in [-0.4, -0.2) is 36.6 Å². The second kappa shape index (κ2) is 7.53. The molecule has 0 unspecified atom stereocenters. The van der Waals surface area contributed by atoms with Crippen molar-refractivity contribution < 1.29 is 23.1 Å². The third kappa shape index (κ3) is 4.85. The zero-order valence-electron chi connectivity index (χ0n) is 13.0. The second-order valence-corrected chi connectivity index (χ2v) is 6.46. The van der Waals surface area contributed by atoms with Crippen LogP contribution in [0.3, 0.4) is 0 Å². The number of carbonyl (C=O) groups is 2. The van der Waals surface area contributed by atoms with Gasteiger partial charge in [-0.25, -0.2) is 9.63 Å².